The number of nitrogen functional groups attached to an aromatic ring is 1. The first-order valence-electron chi connectivity index (χ1n) is 6.53. The molecule has 4 nitrogen and oxygen atoms in total. The molecule has 3 aromatic rings. The van der Waals surface area contributed by atoms with Crippen LogP contribution >= 0.6 is 15.9 Å². The minimum Gasteiger partial charge on any atom is -0.397 e. The molecule has 0 radical (unpaired) electrons. The second-order valence-electron chi connectivity index (χ2n) is 4.75. The van der Waals surface area contributed by atoms with Crippen LogP contribution in [-0.2, 0) is 11.3 Å². The lowest BCUT2D eigenvalue weighted by molar-refractivity contribution is -0.116. The van der Waals surface area contributed by atoms with Gasteiger partial charge in [-0.25, -0.2) is 0 Å². The third-order valence-corrected chi connectivity index (χ3v) is 4.00. The third kappa shape index (κ3) is 2.78. The SMILES string of the molecule is Nc1ccccc1NC(=O)Cn1ccc2c(Br)cccc21. The van der Waals surface area contributed by atoms with Crippen molar-refractivity contribution in [3.8, 4) is 0 Å². The monoisotopic (exact) mass is 343 g/mol. The molecule has 1 aromatic heterocycles. The highest BCUT2D eigenvalue weighted by Gasteiger charge is 2.09. The molecule has 0 spiro atoms. The van der Waals surface area contributed by atoms with Crippen molar-refractivity contribution in [1.82, 2.24) is 4.57 Å². The van der Waals surface area contributed by atoms with Gasteiger partial charge < -0.3 is 15.6 Å². The molecular formula is C16H14BrN3O. The van der Waals surface area contributed by atoms with Crippen LogP contribution in [0.3, 0.4) is 0 Å². The number of nitrogens with zero attached hydrogens (tertiary/aromatic N) is 1. The van der Waals surface area contributed by atoms with Crippen LogP contribution in [0, 0.1) is 0 Å². The Kier molecular flexibility index (Phi) is 3.66. The highest BCUT2D eigenvalue weighted by molar-refractivity contribution is 9.10. The number of rotatable bonds is 3. The van der Waals surface area contributed by atoms with Gasteiger partial charge in [-0.15, -0.1) is 0 Å². The standard InChI is InChI=1S/C16H14BrN3O/c17-12-4-3-7-15-11(12)8-9-20(15)10-16(21)19-14-6-2-1-5-13(14)18/h1-9H,10,18H2,(H,19,21). The molecule has 0 unspecified atom stereocenters. The number of nitrogens with one attached hydrogen (secondary N) is 1. The first-order chi connectivity index (χ1) is 10.1. The summed E-state index contributed by atoms with van der Waals surface area (Å²) in [7, 11) is 0. The zero-order chi connectivity index (χ0) is 14.8. The average Bonchev–Trinajstić information content (AvgIpc) is 2.86. The van der Waals surface area contributed by atoms with Crippen LogP contribution in [0.5, 0.6) is 0 Å². The summed E-state index contributed by atoms with van der Waals surface area (Å²) in [6.45, 7) is 0.244. The van der Waals surface area contributed by atoms with Crippen molar-refractivity contribution in [2.24, 2.45) is 0 Å². The molecule has 0 aliphatic carbocycles. The zero-order valence-electron chi connectivity index (χ0n) is 11.2. The summed E-state index contributed by atoms with van der Waals surface area (Å²) in [5.74, 6) is -0.106. The van der Waals surface area contributed by atoms with Gasteiger partial charge in [-0.05, 0) is 30.3 Å². The Morgan fingerprint density at radius 3 is 2.76 bits per heavy atom. The second kappa shape index (κ2) is 5.61. The lowest BCUT2D eigenvalue weighted by Gasteiger charge is -2.09. The maximum Gasteiger partial charge on any atom is 0.244 e. The number of amides is 1. The van der Waals surface area contributed by atoms with Crippen LogP contribution in [0.2, 0.25) is 0 Å². The Balaban J connectivity index is 1.81. The highest BCUT2D eigenvalue weighted by atomic mass is 79.9. The quantitative estimate of drug-likeness (QED) is 0.713. The first kappa shape index (κ1) is 13.7. The summed E-state index contributed by atoms with van der Waals surface area (Å²) in [6, 6.07) is 15.1. The van der Waals surface area contributed by atoms with E-state index < -0.39 is 0 Å². The van der Waals surface area contributed by atoms with Gasteiger partial charge >= 0.3 is 0 Å². The predicted octanol–water partition coefficient (Wildman–Crippen LogP) is 3.62. The molecule has 106 valence electrons. The predicted molar refractivity (Wildman–Crippen MR) is 89.1 cm³/mol. The third-order valence-electron chi connectivity index (χ3n) is 3.31. The fraction of sp³-hybridized carbons (Fsp3) is 0.0625. The molecule has 0 fully saturated rings. The van der Waals surface area contributed by atoms with E-state index in [1.807, 2.05) is 47.2 Å². The number of para-hydroxylation sites is 2. The molecule has 0 aliphatic heterocycles. The van der Waals surface area contributed by atoms with E-state index in [1.165, 1.54) is 0 Å². The van der Waals surface area contributed by atoms with Crippen LogP contribution in [0.25, 0.3) is 10.9 Å². The Morgan fingerprint density at radius 1 is 1.14 bits per heavy atom. The second-order valence-corrected chi connectivity index (χ2v) is 5.61. The van der Waals surface area contributed by atoms with Crippen LogP contribution < -0.4 is 11.1 Å². The van der Waals surface area contributed by atoms with Crippen LogP contribution in [-0.4, -0.2) is 10.5 Å². The summed E-state index contributed by atoms with van der Waals surface area (Å²) < 4.78 is 2.93. The number of anilines is 2. The fourth-order valence-corrected chi connectivity index (χ4v) is 2.77. The van der Waals surface area contributed by atoms with Gasteiger partial charge in [-0.2, -0.15) is 0 Å². The number of fused-ring (bicyclic) bond motifs is 1. The van der Waals surface area contributed by atoms with Gasteiger partial charge in [0.2, 0.25) is 5.91 Å². The van der Waals surface area contributed by atoms with Crippen molar-refractivity contribution in [2.45, 2.75) is 6.54 Å². The molecule has 3 N–H and O–H groups in total. The van der Waals surface area contributed by atoms with Crippen molar-refractivity contribution in [3.05, 3.63) is 59.2 Å². The van der Waals surface area contributed by atoms with E-state index in [0.29, 0.717) is 11.4 Å². The largest absolute Gasteiger partial charge is 0.397 e. The van der Waals surface area contributed by atoms with Crippen LogP contribution in [0.4, 0.5) is 11.4 Å². The van der Waals surface area contributed by atoms with Gasteiger partial charge in [0.1, 0.15) is 6.54 Å². The zero-order valence-corrected chi connectivity index (χ0v) is 12.8. The van der Waals surface area contributed by atoms with Gasteiger partial charge in [0, 0.05) is 21.6 Å². The summed E-state index contributed by atoms with van der Waals surface area (Å²) in [6.07, 6.45) is 1.91. The molecule has 1 heterocycles. The molecule has 0 saturated heterocycles. The number of nitrogens with two attached hydrogens (primary N) is 1. The molecule has 0 bridgehead atoms. The van der Waals surface area contributed by atoms with Crippen molar-refractivity contribution in [1.29, 1.82) is 0 Å². The van der Waals surface area contributed by atoms with Crippen molar-refractivity contribution in [3.63, 3.8) is 0 Å². The van der Waals surface area contributed by atoms with E-state index in [0.717, 1.165) is 15.4 Å². The van der Waals surface area contributed by atoms with E-state index in [-0.39, 0.29) is 12.5 Å². The number of hydrogen-bond acceptors (Lipinski definition) is 2. The van der Waals surface area contributed by atoms with E-state index >= 15 is 0 Å². The Hall–Kier alpha value is -2.27. The number of carbonyl (C=O) groups is 1. The first-order valence-corrected chi connectivity index (χ1v) is 7.32. The number of halogens is 1. The van der Waals surface area contributed by atoms with E-state index in [9.17, 15) is 4.79 Å². The van der Waals surface area contributed by atoms with E-state index in [2.05, 4.69) is 21.2 Å². The summed E-state index contributed by atoms with van der Waals surface area (Å²) >= 11 is 3.51. The normalized spacial score (nSPS) is 10.7. The number of benzene rings is 2. The Morgan fingerprint density at radius 2 is 1.95 bits per heavy atom. The lowest BCUT2D eigenvalue weighted by Crippen LogP contribution is -2.18. The summed E-state index contributed by atoms with van der Waals surface area (Å²) in [5.41, 5.74) is 8.04. The van der Waals surface area contributed by atoms with Gasteiger partial charge in [0.15, 0.2) is 0 Å². The molecule has 1 amide bonds. The molecule has 0 aliphatic rings. The Labute approximate surface area is 130 Å². The van der Waals surface area contributed by atoms with E-state index in [1.54, 1.807) is 12.1 Å². The molecule has 3 rings (SSSR count). The molecule has 0 atom stereocenters. The number of carbonyl (C=O) groups excluding carboxylic acids is 1. The Bertz CT molecular complexity index is 810. The minimum atomic E-state index is -0.106. The molecule has 0 saturated carbocycles. The van der Waals surface area contributed by atoms with Gasteiger partial charge in [-0.1, -0.05) is 34.1 Å². The molecule has 2 aromatic carbocycles. The number of hydrogen-bond donors (Lipinski definition) is 2. The summed E-state index contributed by atoms with van der Waals surface area (Å²) in [5, 5.41) is 3.92. The lowest BCUT2D eigenvalue weighted by atomic mass is 10.2. The maximum absolute atomic E-state index is 12.2. The van der Waals surface area contributed by atoms with Gasteiger partial charge in [0.25, 0.3) is 0 Å². The van der Waals surface area contributed by atoms with Gasteiger partial charge in [0.05, 0.1) is 11.4 Å². The van der Waals surface area contributed by atoms with Crippen molar-refractivity contribution >= 4 is 44.1 Å². The topological polar surface area (TPSA) is 60.0 Å². The summed E-state index contributed by atoms with van der Waals surface area (Å²) in [4.78, 5) is 12.2. The molecule has 21 heavy (non-hydrogen) atoms. The van der Waals surface area contributed by atoms with Crippen molar-refractivity contribution < 1.29 is 4.79 Å². The minimum absolute atomic E-state index is 0.106. The highest BCUT2D eigenvalue weighted by Crippen LogP contribution is 2.24. The molecule has 5 heteroatoms. The maximum atomic E-state index is 12.2. The van der Waals surface area contributed by atoms with E-state index in [4.69, 9.17) is 5.73 Å². The smallest absolute Gasteiger partial charge is 0.244 e. The van der Waals surface area contributed by atoms with Crippen LogP contribution in [0.15, 0.2) is 59.2 Å². The van der Waals surface area contributed by atoms with Gasteiger partial charge in [-0.3, -0.25) is 4.79 Å². The average molecular weight is 344 g/mol. The van der Waals surface area contributed by atoms with Crippen LogP contribution in [0.1, 0.15) is 0 Å². The molecular weight excluding hydrogens is 330 g/mol. The van der Waals surface area contributed by atoms with Crippen molar-refractivity contribution in [2.75, 3.05) is 11.1 Å². The number of aromatic nitrogens is 1. The fourth-order valence-electron chi connectivity index (χ4n) is 2.28.